The van der Waals surface area contributed by atoms with Crippen LogP contribution in [0.1, 0.15) is 15.2 Å². The Bertz CT molecular complexity index is 469. The minimum Gasteiger partial charge on any atom is -0.478 e. The van der Waals surface area contributed by atoms with Crippen LogP contribution < -0.4 is 5.32 Å². The third kappa shape index (κ3) is 5.96. The largest absolute Gasteiger partial charge is 0.478 e. The molecule has 110 valence electrons. The summed E-state index contributed by atoms with van der Waals surface area (Å²) in [5.74, 6) is -1.28. The summed E-state index contributed by atoms with van der Waals surface area (Å²) in [6.07, 6.45) is 2.41. The van der Waals surface area contributed by atoms with Gasteiger partial charge < -0.3 is 19.9 Å². The number of ether oxygens (including phenoxy) is 2. The minimum atomic E-state index is -1.05. The van der Waals surface area contributed by atoms with Crippen molar-refractivity contribution in [3.8, 4) is 0 Å². The smallest absolute Gasteiger partial charge is 0.328 e. The third-order valence-corrected chi connectivity index (χ3v) is 3.20. The second-order valence-electron chi connectivity index (χ2n) is 3.74. The molecule has 2 N–H and O–H groups in total. The number of rotatable bonds is 9. The van der Waals surface area contributed by atoms with Crippen LogP contribution in [0.5, 0.6) is 0 Å². The van der Waals surface area contributed by atoms with Gasteiger partial charge in [-0.2, -0.15) is 0 Å². The Morgan fingerprint density at radius 2 is 2.20 bits per heavy atom. The molecule has 0 spiro atoms. The lowest BCUT2D eigenvalue weighted by atomic mass is 10.2. The van der Waals surface area contributed by atoms with Crippen LogP contribution in [0.15, 0.2) is 17.5 Å². The van der Waals surface area contributed by atoms with E-state index in [1.165, 1.54) is 17.4 Å². The van der Waals surface area contributed by atoms with E-state index in [1.54, 1.807) is 18.6 Å². The SMILES string of the molecule is COCCOCCNC(=O)c1sccc1C=CC(=O)O. The number of hydrogen-bond acceptors (Lipinski definition) is 5. The molecule has 0 saturated heterocycles. The molecule has 0 unspecified atom stereocenters. The molecule has 0 fully saturated rings. The maximum absolute atomic E-state index is 11.9. The molecule has 0 aliphatic carbocycles. The highest BCUT2D eigenvalue weighted by molar-refractivity contribution is 7.12. The highest BCUT2D eigenvalue weighted by Gasteiger charge is 2.10. The first-order chi connectivity index (χ1) is 9.65. The molecule has 1 aromatic rings. The number of thiophene rings is 1. The Hall–Kier alpha value is -1.70. The molecule has 0 aliphatic heterocycles. The van der Waals surface area contributed by atoms with Gasteiger partial charge in [-0.3, -0.25) is 4.79 Å². The van der Waals surface area contributed by atoms with Crippen LogP contribution in [0.25, 0.3) is 6.08 Å². The monoisotopic (exact) mass is 299 g/mol. The Balaban J connectivity index is 2.40. The molecule has 0 aliphatic rings. The van der Waals surface area contributed by atoms with Gasteiger partial charge in [0.25, 0.3) is 5.91 Å². The van der Waals surface area contributed by atoms with E-state index < -0.39 is 5.97 Å². The first-order valence-corrected chi connectivity index (χ1v) is 6.86. The summed E-state index contributed by atoms with van der Waals surface area (Å²) in [7, 11) is 1.59. The molecule has 1 heterocycles. The summed E-state index contributed by atoms with van der Waals surface area (Å²) in [4.78, 5) is 22.8. The highest BCUT2D eigenvalue weighted by atomic mass is 32.1. The van der Waals surface area contributed by atoms with Crippen molar-refractivity contribution in [2.24, 2.45) is 0 Å². The number of carboxylic acid groups (broad SMARTS) is 1. The lowest BCUT2D eigenvalue weighted by molar-refractivity contribution is -0.131. The summed E-state index contributed by atoms with van der Waals surface area (Å²) in [6, 6.07) is 1.70. The van der Waals surface area contributed by atoms with Crippen LogP contribution >= 0.6 is 11.3 Å². The van der Waals surface area contributed by atoms with Gasteiger partial charge in [0, 0.05) is 19.7 Å². The van der Waals surface area contributed by atoms with Gasteiger partial charge in [-0.15, -0.1) is 11.3 Å². The normalized spacial score (nSPS) is 10.8. The van der Waals surface area contributed by atoms with E-state index in [2.05, 4.69) is 5.32 Å². The zero-order valence-corrected chi connectivity index (χ0v) is 11.9. The first kappa shape index (κ1) is 16.4. The standard InChI is InChI=1S/C13H17NO5S/c1-18-7-8-19-6-5-14-13(17)12-10(4-9-20-12)2-3-11(15)16/h2-4,9H,5-8H2,1H3,(H,14,17)(H,15,16). The molecular formula is C13H17NO5S. The van der Waals surface area contributed by atoms with Crippen molar-refractivity contribution < 1.29 is 24.2 Å². The molecule has 0 bridgehead atoms. The van der Waals surface area contributed by atoms with Gasteiger partial charge in [-0.1, -0.05) is 0 Å². The molecule has 7 heteroatoms. The Labute approximate surface area is 121 Å². The Kier molecular flexibility index (Phi) is 7.56. The molecule has 6 nitrogen and oxygen atoms in total. The molecule has 1 aromatic heterocycles. The van der Waals surface area contributed by atoms with Crippen LogP contribution in [0, 0.1) is 0 Å². The minimum absolute atomic E-state index is 0.236. The van der Waals surface area contributed by atoms with Crippen molar-refractivity contribution in [2.75, 3.05) is 33.5 Å². The van der Waals surface area contributed by atoms with Gasteiger partial charge in [-0.05, 0) is 23.1 Å². The predicted octanol–water partition coefficient (Wildman–Crippen LogP) is 1.24. The lowest BCUT2D eigenvalue weighted by Gasteiger charge is -2.05. The van der Waals surface area contributed by atoms with Crippen LogP contribution in [0.3, 0.4) is 0 Å². The quantitative estimate of drug-likeness (QED) is 0.529. The first-order valence-electron chi connectivity index (χ1n) is 5.98. The number of amides is 1. The van der Waals surface area contributed by atoms with Crippen molar-refractivity contribution in [3.05, 3.63) is 28.0 Å². The third-order valence-electron chi connectivity index (χ3n) is 2.27. The fourth-order valence-electron chi connectivity index (χ4n) is 1.36. The van der Waals surface area contributed by atoms with Crippen molar-refractivity contribution >= 4 is 29.3 Å². The molecule has 1 rings (SSSR count). The van der Waals surface area contributed by atoms with Crippen molar-refractivity contribution in [1.82, 2.24) is 5.32 Å². The van der Waals surface area contributed by atoms with E-state index >= 15 is 0 Å². The molecule has 1 amide bonds. The fourth-order valence-corrected chi connectivity index (χ4v) is 2.16. The predicted molar refractivity (Wildman–Crippen MR) is 76.0 cm³/mol. The van der Waals surface area contributed by atoms with Crippen LogP contribution in [-0.2, 0) is 14.3 Å². The van der Waals surface area contributed by atoms with Gasteiger partial charge in [0.05, 0.1) is 24.7 Å². The number of carbonyl (C=O) groups excluding carboxylic acids is 1. The molecular weight excluding hydrogens is 282 g/mol. The summed E-state index contributed by atoms with van der Waals surface area (Å²) >= 11 is 1.26. The maximum Gasteiger partial charge on any atom is 0.328 e. The van der Waals surface area contributed by atoms with E-state index in [9.17, 15) is 9.59 Å². The summed E-state index contributed by atoms with van der Waals surface area (Å²) in [5.41, 5.74) is 0.593. The lowest BCUT2D eigenvalue weighted by Crippen LogP contribution is -2.27. The number of aliphatic carboxylic acids is 1. The Morgan fingerprint density at radius 1 is 1.40 bits per heavy atom. The second-order valence-corrected chi connectivity index (χ2v) is 4.65. The zero-order valence-electron chi connectivity index (χ0n) is 11.1. The van der Waals surface area contributed by atoms with Gasteiger partial charge in [0.15, 0.2) is 0 Å². The molecule has 0 radical (unpaired) electrons. The molecule has 0 aromatic carbocycles. The molecule has 0 saturated carbocycles. The van der Waals surface area contributed by atoms with E-state index in [4.69, 9.17) is 14.6 Å². The zero-order chi connectivity index (χ0) is 14.8. The van der Waals surface area contributed by atoms with Gasteiger partial charge in [0.1, 0.15) is 0 Å². The molecule has 20 heavy (non-hydrogen) atoms. The van der Waals surface area contributed by atoms with E-state index in [-0.39, 0.29) is 5.91 Å². The van der Waals surface area contributed by atoms with Gasteiger partial charge in [0.2, 0.25) is 0 Å². The Morgan fingerprint density at radius 3 is 2.90 bits per heavy atom. The van der Waals surface area contributed by atoms with E-state index in [0.29, 0.717) is 36.8 Å². The number of carboxylic acids is 1. The summed E-state index contributed by atoms with van der Waals surface area (Å²) in [6.45, 7) is 1.80. The number of carbonyl (C=O) groups is 2. The number of nitrogens with one attached hydrogen (secondary N) is 1. The van der Waals surface area contributed by atoms with Crippen molar-refractivity contribution in [3.63, 3.8) is 0 Å². The van der Waals surface area contributed by atoms with E-state index in [1.807, 2.05) is 0 Å². The second kappa shape index (κ2) is 9.24. The topological polar surface area (TPSA) is 84.9 Å². The summed E-state index contributed by atoms with van der Waals surface area (Å²) in [5, 5.41) is 13.0. The molecule has 0 atom stereocenters. The van der Waals surface area contributed by atoms with Crippen molar-refractivity contribution in [1.29, 1.82) is 0 Å². The van der Waals surface area contributed by atoms with Crippen LogP contribution in [0.4, 0.5) is 0 Å². The number of methoxy groups -OCH3 is 1. The van der Waals surface area contributed by atoms with Gasteiger partial charge in [-0.25, -0.2) is 4.79 Å². The van der Waals surface area contributed by atoms with Crippen molar-refractivity contribution in [2.45, 2.75) is 0 Å². The fraction of sp³-hybridized carbons (Fsp3) is 0.385. The highest BCUT2D eigenvalue weighted by Crippen LogP contribution is 2.18. The average molecular weight is 299 g/mol. The summed E-state index contributed by atoms with van der Waals surface area (Å²) < 4.78 is 10.0. The van der Waals surface area contributed by atoms with E-state index in [0.717, 1.165) is 6.08 Å². The number of hydrogen-bond donors (Lipinski definition) is 2. The maximum atomic E-state index is 11.9. The van der Waals surface area contributed by atoms with Gasteiger partial charge >= 0.3 is 5.97 Å². The van der Waals surface area contributed by atoms with Crippen LogP contribution in [0.2, 0.25) is 0 Å². The average Bonchev–Trinajstić information content (AvgIpc) is 2.88. The van der Waals surface area contributed by atoms with Crippen LogP contribution in [-0.4, -0.2) is 50.5 Å².